The number of hydrogen-bond acceptors (Lipinski definition) is 5. The van der Waals surface area contributed by atoms with Gasteiger partial charge in [-0.05, 0) is 11.1 Å². The van der Waals surface area contributed by atoms with Crippen LogP contribution >= 0.6 is 11.8 Å². The molecule has 1 amide bonds. The molecule has 1 aromatic heterocycles. The number of nitrogen functional groups attached to an aromatic ring is 1. The molecule has 10 heteroatoms. The Morgan fingerprint density at radius 3 is 2.48 bits per heavy atom. The van der Waals surface area contributed by atoms with E-state index < -0.39 is 46.4 Å². The van der Waals surface area contributed by atoms with Gasteiger partial charge in [0, 0.05) is 0 Å². The van der Waals surface area contributed by atoms with E-state index in [4.69, 9.17) is 18.0 Å². The lowest BCUT2D eigenvalue weighted by atomic mass is 10.1. The van der Waals surface area contributed by atoms with Gasteiger partial charge < -0.3 is 11.5 Å². The normalized spacial score (nSPS) is 12.0. The Balaban J connectivity index is 2.61. The molecule has 1 atom stereocenters. The number of nitrogens with zero attached hydrogens (tertiary/aromatic N) is 3. The van der Waals surface area contributed by atoms with Crippen LogP contribution in [0.15, 0.2) is 35.4 Å². The van der Waals surface area contributed by atoms with Gasteiger partial charge in [0.2, 0.25) is 11.6 Å². The maximum absolute atomic E-state index is 12.9. The third kappa shape index (κ3) is 4.68. The van der Waals surface area contributed by atoms with Gasteiger partial charge in [0.25, 0.3) is 0 Å². The minimum atomic E-state index is -4.66. The molecule has 27 heavy (non-hydrogen) atoms. The van der Waals surface area contributed by atoms with Crippen LogP contribution in [-0.4, -0.2) is 17.1 Å². The van der Waals surface area contributed by atoms with E-state index in [1.54, 1.807) is 36.4 Å². The molecule has 0 aliphatic rings. The second kappa shape index (κ2) is 7.98. The Bertz CT molecular complexity index is 948. The average Bonchev–Trinajstić information content (AvgIpc) is 2.59. The lowest BCUT2D eigenvalue weighted by Gasteiger charge is -2.17. The van der Waals surface area contributed by atoms with Gasteiger partial charge in [0.15, 0.2) is 0 Å². The second-order valence-corrected chi connectivity index (χ2v) is 6.42. The fraction of sp³-hybridized carbons (Fsp3) is 0.176. The quantitative estimate of drug-likeness (QED) is 0.599. The van der Waals surface area contributed by atoms with Crippen LogP contribution in [0.4, 0.5) is 24.7 Å². The fourth-order valence-corrected chi connectivity index (χ4v) is 3.42. The maximum Gasteiger partial charge on any atom is 0.391 e. The largest absolute Gasteiger partial charge is 0.392 e. The third-order valence-electron chi connectivity index (χ3n) is 3.46. The first-order valence-electron chi connectivity index (χ1n) is 7.35. The second-order valence-electron chi connectivity index (χ2n) is 5.33. The standard InChI is InChI=1S/C17H12F3N5OS/c1-24-12-10(7-17(18,19)20)11(8-21)16(25-14(12)22)27-13(15(23)26)9-5-3-2-4-6-9/h2-6,13H,7H2,(H2,22,25)(H2,23,26). The van der Waals surface area contributed by atoms with Crippen LogP contribution in [0.2, 0.25) is 0 Å². The Morgan fingerprint density at radius 2 is 2.00 bits per heavy atom. The first kappa shape index (κ1) is 20.1. The van der Waals surface area contributed by atoms with E-state index in [1.807, 2.05) is 0 Å². The van der Waals surface area contributed by atoms with Gasteiger partial charge >= 0.3 is 6.18 Å². The predicted octanol–water partition coefficient (Wildman–Crippen LogP) is 3.51. The Labute approximate surface area is 156 Å². The summed E-state index contributed by atoms with van der Waals surface area (Å²) in [4.78, 5) is 18.7. The molecule has 1 unspecified atom stereocenters. The summed E-state index contributed by atoms with van der Waals surface area (Å²) in [6, 6.07) is 9.92. The highest BCUT2D eigenvalue weighted by molar-refractivity contribution is 8.00. The van der Waals surface area contributed by atoms with Gasteiger partial charge in [0.05, 0.1) is 18.6 Å². The van der Waals surface area contributed by atoms with Crippen molar-refractivity contribution >= 4 is 29.2 Å². The van der Waals surface area contributed by atoms with Crippen molar-refractivity contribution in [1.82, 2.24) is 4.98 Å². The van der Waals surface area contributed by atoms with Gasteiger partial charge in [-0.2, -0.15) is 18.4 Å². The Morgan fingerprint density at radius 1 is 1.37 bits per heavy atom. The number of pyridine rings is 1. The first-order chi connectivity index (χ1) is 12.7. The van der Waals surface area contributed by atoms with Crippen molar-refractivity contribution < 1.29 is 18.0 Å². The molecule has 0 bridgehead atoms. The minimum Gasteiger partial charge on any atom is -0.392 e. The van der Waals surface area contributed by atoms with E-state index in [1.165, 1.54) is 0 Å². The predicted molar refractivity (Wildman–Crippen MR) is 93.6 cm³/mol. The lowest BCUT2D eigenvalue weighted by molar-refractivity contribution is -0.127. The third-order valence-corrected chi connectivity index (χ3v) is 4.72. The summed E-state index contributed by atoms with van der Waals surface area (Å²) in [5.74, 6) is -1.20. The number of rotatable bonds is 5. The van der Waals surface area contributed by atoms with Crippen LogP contribution in [0.25, 0.3) is 4.85 Å². The van der Waals surface area contributed by atoms with E-state index in [-0.39, 0.29) is 5.03 Å². The van der Waals surface area contributed by atoms with E-state index in [2.05, 4.69) is 9.83 Å². The van der Waals surface area contributed by atoms with Crippen LogP contribution in [0.3, 0.4) is 0 Å². The van der Waals surface area contributed by atoms with Crippen LogP contribution in [-0.2, 0) is 11.2 Å². The van der Waals surface area contributed by atoms with Gasteiger partial charge in [-0.15, -0.1) is 0 Å². The zero-order chi connectivity index (χ0) is 20.2. The molecule has 0 radical (unpaired) electrons. The number of nitriles is 1. The number of aromatic nitrogens is 1. The van der Waals surface area contributed by atoms with Crippen molar-refractivity contribution in [3.8, 4) is 6.07 Å². The van der Waals surface area contributed by atoms with Crippen LogP contribution in [0.5, 0.6) is 0 Å². The van der Waals surface area contributed by atoms with Crippen molar-refractivity contribution in [3.05, 3.63) is 58.4 Å². The molecule has 0 saturated carbocycles. The Hall–Kier alpha value is -3.24. The Kier molecular flexibility index (Phi) is 5.93. The molecule has 0 aliphatic carbocycles. The number of alkyl halides is 3. The summed E-state index contributed by atoms with van der Waals surface area (Å²) in [7, 11) is 0. The number of thioether (sulfide) groups is 1. The van der Waals surface area contributed by atoms with E-state index in [0.717, 1.165) is 0 Å². The number of anilines is 1. The molecule has 0 spiro atoms. The summed E-state index contributed by atoms with van der Waals surface area (Å²) in [5, 5.41) is 8.22. The number of halogens is 3. The number of carbonyl (C=O) groups is 1. The average molecular weight is 391 g/mol. The smallest absolute Gasteiger partial charge is 0.391 e. The minimum absolute atomic E-state index is 0.186. The number of amides is 1. The monoisotopic (exact) mass is 391 g/mol. The van der Waals surface area contributed by atoms with Crippen molar-refractivity contribution in [1.29, 1.82) is 5.26 Å². The maximum atomic E-state index is 12.9. The molecule has 2 rings (SSSR count). The van der Waals surface area contributed by atoms with Crippen LogP contribution in [0.1, 0.15) is 21.9 Å². The number of nitrogens with two attached hydrogens (primary N) is 2. The van der Waals surface area contributed by atoms with Gasteiger partial charge in [0.1, 0.15) is 22.2 Å². The molecule has 4 N–H and O–H groups in total. The summed E-state index contributed by atoms with van der Waals surface area (Å²) in [5.41, 5.74) is 10.0. The highest BCUT2D eigenvalue weighted by atomic mass is 32.2. The van der Waals surface area contributed by atoms with Crippen LogP contribution in [0, 0.1) is 17.9 Å². The molecule has 0 saturated heterocycles. The molecule has 0 aliphatic heterocycles. The summed E-state index contributed by atoms with van der Waals surface area (Å²) in [6.45, 7) is 7.07. The van der Waals surface area contributed by atoms with Crippen molar-refractivity contribution in [2.45, 2.75) is 22.9 Å². The zero-order valence-corrected chi connectivity index (χ0v) is 14.4. The van der Waals surface area contributed by atoms with Crippen LogP contribution < -0.4 is 11.5 Å². The number of primary amides is 1. The molecule has 2 aromatic rings. The topological polar surface area (TPSA) is 110 Å². The highest BCUT2D eigenvalue weighted by Gasteiger charge is 2.33. The number of hydrogen-bond donors (Lipinski definition) is 2. The molecule has 1 aromatic carbocycles. The van der Waals surface area contributed by atoms with E-state index in [0.29, 0.717) is 17.3 Å². The zero-order valence-electron chi connectivity index (χ0n) is 13.6. The number of benzene rings is 1. The SMILES string of the molecule is [C-]#[N+]c1c(N)nc(SC(C(N)=O)c2ccccc2)c(C#N)c1CC(F)(F)F. The van der Waals surface area contributed by atoms with Gasteiger partial charge in [-0.25, -0.2) is 9.83 Å². The first-order valence-corrected chi connectivity index (χ1v) is 8.23. The highest BCUT2D eigenvalue weighted by Crippen LogP contribution is 2.42. The van der Waals surface area contributed by atoms with Gasteiger partial charge in [-0.1, -0.05) is 42.1 Å². The molecule has 6 nitrogen and oxygen atoms in total. The van der Waals surface area contributed by atoms with E-state index >= 15 is 0 Å². The van der Waals surface area contributed by atoms with Crippen molar-refractivity contribution in [2.75, 3.05) is 5.73 Å². The van der Waals surface area contributed by atoms with Crippen molar-refractivity contribution in [3.63, 3.8) is 0 Å². The van der Waals surface area contributed by atoms with Crippen molar-refractivity contribution in [2.24, 2.45) is 5.73 Å². The lowest BCUT2D eigenvalue weighted by Crippen LogP contribution is -2.20. The van der Waals surface area contributed by atoms with E-state index in [9.17, 15) is 23.2 Å². The molecule has 0 fully saturated rings. The molecule has 1 heterocycles. The summed E-state index contributed by atoms with van der Waals surface area (Å²) in [6.07, 6.45) is -6.18. The molecular formula is C17H12F3N5OS. The molecule has 138 valence electrons. The number of carbonyl (C=O) groups excluding carboxylic acids is 1. The van der Waals surface area contributed by atoms with Gasteiger partial charge in [-0.3, -0.25) is 4.79 Å². The summed E-state index contributed by atoms with van der Waals surface area (Å²) < 4.78 is 38.8. The fourth-order valence-electron chi connectivity index (χ4n) is 2.35. The summed E-state index contributed by atoms with van der Waals surface area (Å²) >= 11 is 0.716. The molecular weight excluding hydrogens is 379 g/mol.